The maximum absolute atomic E-state index is 12.9. The maximum atomic E-state index is 12.9. The average molecular weight is 253 g/mol. The fourth-order valence-corrected chi connectivity index (χ4v) is 1.21. The summed E-state index contributed by atoms with van der Waals surface area (Å²) in [5.41, 5.74) is 0. The molecule has 1 aromatic carbocycles. The highest BCUT2D eigenvalue weighted by Gasteiger charge is 2.11. The summed E-state index contributed by atoms with van der Waals surface area (Å²) in [6.07, 6.45) is 0. The lowest BCUT2D eigenvalue weighted by Gasteiger charge is -2.06. The molecule has 0 radical (unpaired) electrons. The van der Waals surface area contributed by atoms with Crippen molar-refractivity contribution in [2.24, 2.45) is 0 Å². The van der Waals surface area contributed by atoms with Crippen LogP contribution in [-0.4, -0.2) is 18.3 Å². The van der Waals surface area contributed by atoms with E-state index in [-0.39, 0.29) is 23.4 Å². The van der Waals surface area contributed by atoms with Gasteiger partial charge in [0.2, 0.25) is 0 Å². The predicted octanol–water partition coefficient (Wildman–Crippen LogP) is 2.10. The number of aliphatic hydroxyl groups excluding tert-OH is 1. The molecule has 1 N–H and O–H groups in total. The number of benzene rings is 1. The lowest BCUT2D eigenvalue weighted by Crippen LogP contribution is -2.03. The number of hydrogen-bond donors (Lipinski definition) is 1. The minimum Gasteiger partial charge on any atom is -0.490 e. The molecule has 1 rings (SSSR count). The van der Waals surface area contributed by atoms with E-state index in [0.29, 0.717) is 0 Å². The number of halogens is 3. The third-order valence-corrected chi connectivity index (χ3v) is 2.09. The van der Waals surface area contributed by atoms with Crippen LogP contribution in [0.15, 0.2) is 16.6 Å². The molecule has 0 unspecified atom stereocenters. The summed E-state index contributed by atoms with van der Waals surface area (Å²) >= 11 is 2.84. The molecule has 0 saturated carbocycles. The van der Waals surface area contributed by atoms with Crippen LogP contribution in [-0.2, 0) is 0 Å². The summed E-state index contributed by atoms with van der Waals surface area (Å²) in [5, 5.41) is 8.43. The highest BCUT2D eigenvalue weighted by Crippen LogP contribution is 2.29. The van der Waals surface area contributed by atoms with Crippen molar-refractivity contribution >= 4 is 15.9 Å². The Bertz CT molecular complexity index is 304. The molecule has 1 aromatic rings. The first kappa shape index (κ1) is 10.4. The van der Waals surface area contributed by atoms with E-state index in [9.17, 15) is 8.78 Å². The quantitative estimate of drug-likeness (QED) is 0.836. The second-order valence-electron chi connectivity index (χ2n) is 2.25. The molecule has 0 amide bonds. The Morgan fingerprint density at radius 3 is 2.69 bits per heavy atom. The van der Waals surface area contributed by atoms with E-state index in [1.54, 1.807) is 0 Å². The Morgan fingerprint density at radius 1 is 1.38 bits per heavy atom. The Kier molecular flexibility index (Phi) is 3.62. The topological polar surface area (TPSA) is 29.5 Å². The summed E-state index contributed by atoms with van der Waals surface area (Å²) in [6.45, 7) is -0.130. The lowest BCUT2D eigenvalue weighted by molar-refractivity contribution is 0.200. The smallest absolute Gasteiger partial charge is 0.176 e. The summed E-state index contributed by atoms with van der Waals surface area (Å²) < 4.78 is 30.3. The fourth-order valence-electron chi connectivity index (χ4n) is 0.775. The van der Waals surface area contributed by atoms with Gasteiger partial charge in [-0.05, 0) is 28.1 Å². The van der Waals surface area contributed by atoms with Gasteiger partial charge in [-0.3, -0.25) is 0 Å². The van der Waals surface area contributed by atoms with Crippen molar-refractivity contribution in [2.45, 2.75) is 0 Å². The molecule has 0 spiro atoms. The molecule has 0 aliphatic rings. The van der Waals surface area contributed by atoms with Crippen LogP contribution < -0.4 is 4.74 Å². The summed E-state index contributed by atoms with van der Waals surface area (Å²) in [4.78, 5) is 0. The average Bonchev–Trinajstić information content (AvgIpc) is 2.13. The van der Waals surface area contributed by atoms with Gasteiger partial charge < -0.3 is 9.84 Å². The minimum absolute atomic E-state index is 0.0453. The maximum Gasteiger partial charge on any atom is 0.176 e. The minimum atomic E-state index is -0.990. The van der Waals surface area contributed by atoms with Gasteiger partial charge in [0.15, 0.2) is 11.6 Å². The van der Waals surface area contributed by atoms with E-state index < -0.39 is 11.6 Å². The van der Waals surface area contributed by atoms with E-state index in [0.717, 1.165) is 6.07 Å². The molecule has 0 saturated heterocycles. The van der Waals surface area contributed by atoms with Crippen LogP contribution >= 0.6 is 15.9 Å². The van der Waals surface area contributed by atoms with Crippen molar-refractivity contribution in [1.29, 1.82) is 0 Å². The third-order valence-electron chi connectivity index (χ3n) is 1.35. The largest absolute Gasteiger partial charge is 0.490 e. The van der Waals surface area contributed by atoms with E-state index >= 15 is 0 Å². The zero-order chi connectivity index (χ0) is 9.84. The monoisotopic (exact) mass is 252 g/mol. The molecule has 0 aliphatic carbocycles. The second kappa shape index (κ2) is 4.53. The number of ether oxygens (including phenoxy) is 1. The third kappa shape index (κ3) is 2.38. The molecule has 0 heterocycles. The highest BCUT2D eigenvalue weighted by atomic mass is 79.9. The van der Waals surface area contributed by atoms with Crippen molar-refractivity contribution in [3.8, 4) is 5.75 Å². The zero-order valence-electron chi connectivity index (χ0n) is 6.56. The molecule has 72 valence electrons. The van der Waals surface area contributed by atoms with Gasteiger partial charge in [0, 0.05) is 0 Å². The van der Waals surface area contributed by atoms with Gasteiger partial charge >= 0.3 is 0 Å². The van der Waals surface area contributed by atoms with Crippen molar-refractivity contribution in [2.75, 3.05) is 13.2 Å². The molecule has 0 aromatic heterocycles. The molecule has 0 aliphatic heterocycles. The standard InChI is InChI=1S/C8H7BrF2O2/c9-7-6(13-4-3-12)2-1-5(10)8(7)11/h1-2,12H,3-4H2. The van der Waals surface area contributed by atoms with Crippen LogP contribution in [0.4, 0.5) is 8.78 Å². The Balaban J connectivity index is 2.90. The first-order valence-electron chi connectivity index (χ1n) is 3.54. The first-order chi connectivity index (χ1) is 6.16. The molecule has 0 atom stereocenters. The highest BCUT2D eigenvalue weighted by molar-refractivity contribution is 9.10. The van der Waals surface area contributed by atoms with Gasteiger partial charge in [-0.2, -0.15) is 0 Å². The predicted molar refractivity (Wildman–Crippen MR) is 46.6 cm³/mol. The number of rotatable bonds is 3. The number of hydrogen-bond acceptors (Lipinski definition) is 2. The molecule has 5 heteroatoms. The van der Waals surface area contributed by atoms with Gasteiger partial charge in [0.1, 0.15) is 12.4 Å². The van der Waals surface area contributed by atoms with Gasteiger partial charge in [0.05, 0.1) is 11.1 Å². The van der Waals surface area contributed by atoms with Gasteiger partial charge in [-0.25, -0.2) is 8.78 Å². The van der Waals surface area contributed by atoms with Crippen molar-refractivity contribution < 1.29 is 18.6 Å². The van der Waals surface area contributed by atoms with E-state index in [1.165, 1.54) is 6.07 Å². The summed E-state index contributed by atoms with van der Waals surface area (Å²) in [7, 11) is 0. The Labute approximate surface area is 82.3 Å². The van der Waals surface area contributed by atoms with Crippen LogP contribution in [0.1, 0.15) is 0 Å². The molecular weight excluding hydrogens is 246 g/mol. The normalized spacial score (nSPS) is 10.2. The lowest BCUT2D eigenvalue weighted by atomic mass is 10.3. The van der Waals surface area contributed by atoms with E-state index in [2.05, 4.69) is 15.9 Å². The first-order valence-corrected chi connectivity index (χ1v) is 4.33. The Morgan fingerprint density at radius 2 is 2.08 bits per heavy atom. The van der Waals surface area contributed by atoms with E-state index in [4.69, 9.17) is 9.84 Å². The van der Waals surface area contributed by atoms with Crippen LogP contribution in [0.2, 0.25) is 0 Å². The fraction of sp³-hybridized carbons (Fsp3) is 0.250. The van der Waals surface area contributed by atoms with Crippen molar-refractivity contribution in [1.82, 2.24) is 0 Å². The molecule has 13 heavy (non-hydrogen) atoms. The van der Waals surface area contributed by atoms with Crippen molar-refractivity contribution in [3.05, 3.63) is 28.2 Å². The van der Waals surface area contributed by atoms with Crippen LogP contribution in [0.3, 0.4) is 0 Å². The molecular formula is C8H7BrF2O2. The van der Waals surface area contributed by atoms with E-state index in [1.807, 2.05) is 0 Å². The summed E-state index contributed by atoms with van der Waals surface area (Å²) in [6, 6.07) is 2.25. The van der Waals surface area contributed by atoms with Gasteiger partial charge in [-0.1, -0.05) is 0 Å². The molecule has 0 bridgehead atoms. The zero-order valence-corrected chi connectivity index (χ0v) is 8.14. The SMILES string of the molecule is OCCOc1ccc(F)c(F)c1Br. The Hall–Kier alpha value is -0.680. The van der Waals surface area contributed by atoms with Crippen LogP contribution in [0.5, 0.6) is 5.75 Å². The molecule has 2 nitrogen and oxygen atoms in total. The van der Waals surface area contributed by atoms with Gasteiger partial charge in [0.25, 0.3) is 0 Å². The second-order valence-corrected chi connectivity index (χ2v) is 3.04. The van der Waals surface area contributed by atoms with Crippen molar-refractivity contribution in [3.63, 3.8) is 0 Å². The van der Waals surface area contributed by atoms with Gasteiger partial charge in [-0.15, -0.1) is 0 Å². The van der Waals surface area contributed by atoms with Crippen LogP contribution in [0.25, 0.3) is 0 Å². The molecule has 0 fully saturated rings. The number of aliphatic hydroxyl groups is 1. The van der Waals surface area contributed by atoms with Crippen LogP contribution in [0, 0.1) is 11.6 Å². The summed E-state index contributed by atoms with van der Waals surface area (Å²) in [5.74, 6) is -1.76.